The lowest BCUT2D eigenvalue weighted by atomic mass is 9.81. The predicted molar refractivity (Wildman–Crippen MR) is 78.7 cm³/mol. The number of esters is 1. The molecule has 1 aliphatic carbocycles. The number of hydrogen-bond donors (Lipinski definition) is 1. The summed E-state index contributed by atoms with van der Waals surface area (Å²) in [6.45, 7) is 1.96. The summed E-state index contributed by atoms with van der Waals surface area (Å²) >= 11 is 1.65. The van der Waals surface area contributed by atoms with Gasteiger partial charge in [-0.15, -0.1) is 0 Å². The van der Waals surface area contributed by atoms with Crippen LogP contribution in [0.15, 0.2) is 17.4 Å². The molecule has 6 heteroatoms. The summed E-state index contributed by atoms with van der Waals surface area (Å²) in [6.07, 6.45) is 5.42. The maximum atomic E-state index is 12.0. The van der Waals surface area contributed by atoms with Crippen molar-refractivity contribution in [1.82, 2.24) is 15.3 Å². The van der Waals surface area contributed by atoms with E-state index < -0.39 is 5.54 Å². The van der Waals surface area contributed by atoms with Crippen molar-refractivity contribution in [2.24, 2.45) is 0 Å². The Morgan fingerprint density at radius 3 is 3.05 bits per heavy atom. The summed E-state index contributed by atoms with van der Waals surface area (Å²) < 4.78 is 4.96. The molecule has 2 atom stereocenters. The molecule has 1 aliphatic rings. The van der Waals surface area contributed by atoms with Crippen LogP contribution in [-0.2, 0) is 9.53 Å². The fourth-order valence-corrected chi connectivity index (χ4v) is 3.94. The fraction of sp³-hybridized carbons (Fsp3) is 0.643. The molecule has 110 valence electrons. The van der Waals surface area contributed by atoms with Crippen molar-refractivity contribution in [3.63, 3.8) is 0 Å². The number of aromatic nitrogens is 2. The Hall–Kier alpha value is -1.14. The van der Waals surface area contributed by atoms with Gasteiger partial charge in [0.05, 0.1) is 7.11 Å². The zero-order chi connectivity index (χ0) is 14.6. The van der Waals surface area contributed by atoms with E-state index in [2.05, 4.69) is 15.3 Å². The van der Waals surface area contributed by atoms with Crippen LogP contribution < -0.4 is 5.32 Å². The van der Waals surface area contributed by atoms with Gasteiger partial charge in [0.1, 0.15) is 5.54 Å². The van der Waals surface area contributed by atoms with Gasteiger partial charge in [-0.1, -0.05) is 11.8 Å². The Morgan fingerprint density at radius 2 is 2.40 bits per heavy atom. The SMILES string of the molecule is CNC1(C(=O)OC)CCCC(Sc2nccc(C)n2)C1. The topological polar surface area (TPSA) is 64.1 Å². The molecule has 2 unspecified atom stereocenters. The number of hydrogen-bond acceptors (Lipinski definition) is 6. The smallest absolute Gasteiger partial charge is 0.326 e. The van der Waals surface area contributed by atoms with Crippen LogP contribution in [0.25, 0.3) is 0 Å². The summed E-state index contributed by atoms with van der Waals surface area (Å²) in [6, 6.07) is 1.89. The van der Waals surface area contributed by atoms with Crippen molar-refractivity contribution in [3.05, 3.63) is 18.0 Å². The van der Waals surface area contributed by atoms with E-state index in [0.29, 0.717) is 5.25 Å². The summed E-state index contributed by atoms with van der Waals surface area (Å²) in [7, 11) is 3.27. The lowest BCUT2D eigenvalue weighted by Crippen LogP contribution is -2.54. The number of rotatable bonds is 4. The minimum absolute atomic E-state index is 0.171. The summed E-state index contributed by atoms with van der Waals surface area (Å²) in [4.78, 5) is 20.8. The number of methoxy groups -OCH3 is 1. The van der Waals surface area contributed by atoms with Gasteiger partial charge >= 0.3 is 5.97 Å². The molecule has 2 rings (SSSR count). The van der Waals surface area contributed by atoms with E-state index >= 15 is 0 Å². The van der Waals surface area contributed by atoms with Gasteiger partial charge in [-0.3, -0.25) is 4.79 Å². The summed E-state index contributed by atoms with van der Waals surface area (Å²) in [5.41, 5.74) is 0.403. The number of nitrogens with zero attached hydrogens (tertiary/aromatic N) is 2. The standard InChI is InChI=1S/C14H21N3O2S/c1-10-6-8-16-13(17-10)20-11-5-4-7-14(9-11,15-2)12(18)19-3/h6,8,11,15H,4-5,7,9H2,1-3H3. The number of nitrogens with one attached hydrogen (secondary N) is 1. The summed E-state index contributed by atoms with van der Waals surface area (Å²) in [5.74, 6) is -0.171. The molecule has 0 spiro atoms. The first-order valence-corrected chi connectivity index (χ1v) is 7.71. The van der Waals surface area contributed by atoms with E-state index in [1.807, 2.05) is 20.0 Å². The van der Waals surface area contributed by atoms with Gasteiger partial charge in [0.15, 0.2) is 5.16 Å². The number of carbonyl (C=O) groups excluding carboxylic acids is 1. The third-order valence-corrected chi connectivity index (χ3v) is 4.95. The van der Waals surface area contributed by atoms with Crippen LogP contribution in [0.5, 0.6) is 0 Å². The largest absolute Gasteiger partial charge is 0.468 e. The number of ether oxygens (including phenoxy) is 1. The van der Waals surface area contributed by atoms with Gasteiger partial charge in [0.2, 0.25) is 0 Å². The molecule has 0 aromatic carbocycles. The first-order chi connectivity index (χ1) is 9.59. The lowest BCUT2D eigenvalue weighted by molar-refractivity contribution is -0.149. The third kappa shape index (κ3) is 3.30. The van der Waals surface area contributed by atoms with Crippen LogP contribution >= 0.6 is 11.8 Å². The fourth-order valence-electron chi connectivity index (χ4n) is 2.67. The lowest BCUT2D eigenvalue weighted by Gasteiger charge is -2.37. The highest BCUT2D eigenvalue weighted by molar-refractivity contribution is 7.99. The van der Waals surface area contributed by atoms with Gasteiger partial charge in [-0.25, -0.2) is 9.97 Å². The second-order valence-corrected chi connectivity index (χ2v) is 6.41. The first-order valence-electron chi connectivity index (χ1n) is 6.83. The van der Waals surface area contributed by atoms with E-state index in [9.17, 15) is 4.79 Å². The van der Waals surface area contributed by atoms with Crippen LogP contribution in [-0.4, -0.2) is 40.9 Å². The molecule has 0 saturated heterocycles. The van der Waals surface area contributed by atoms with Crippen molar-refractivity contribution in [3.8, 4) is 0 Å². The Bertz CT molecular complexity index is 483. The molecule has 0 bridgehead atoms. The molecule has 1 saturated carbocycles. The highest BCUT2D eigenvalue weighted by atomic mass is 32.2. The Morgan fingerprint density at radius 1 is 1.60 bits per heavy atom. The Balaban J connectivity index is 2.08. The van der Waals surface area contributed by atoms with Crippen molar-refractivity contribution in [2.75, 3.05) is 14.2 Å². The number of likely N-dealkylation sites (N-methyl/N-ethyl adjacent to an activating group) is 1. The van der Waals surface area contributed by atoms with Gasteiger partial charge in [0.25, 0.3) is 0 Å². The van der Waals surface area contributed by atoms with Crippen LogP contribution in [0, 0.1) is 6.92 Å². The molecule has 1 heterocycles. The maximum Gasteiger partial charge on any atom is 0.326 e. The second kappa shape index (κ2) is 6.54. The molecule has 0 aliphatic heterocycles. The zero-order valence-electron chi connectivity index (χ0n) is 12.2. The first kappa shape index (κ1) is 15.3. The molecular weight excluding hydrogens is 274 g/mol. The van der Waals surface area contributed by atoms with Crippen molar-refractivity contribution >= 4 is 17.7 Å². The Labute approximate surface area is 123 Å². The van der Waals surface area contributed by atoms with Crippen LogP contribution in [0.3, 0.4) is 0 Å². The molecule has 1 aromatic heterocycles. The van der Waals surface area contributed by atoms with Gasteiger partial charge in [0, 0.05) is 17.1 Å². The van der Waals surface area contributed by atoms with E-state index in [1.165, 1.54) is 7.11 Å². The highest BCUT2D eigenvalue weighted by Crippen LogP contribution is 2.37. The Kier molecular flexibility index (Phi) is 4.99. The van der Waals surface area contributed by atoms with Crippen LogP contribution in [0.1, 0.15) is 31.4 Å². The predicted octanol–water partition coefficient (Wildman–Crippen LogP) is 1.95. The quantitative estimate of drug-likeness (QED) is 0.676. The number of carbonyl (C=O) groups is 1. The van der Waals surface area contributed by atoms with Crippen LogP contribution in [0.4, 0.5) is 0 Å². The average molecular weight is 295 g/mol. The average Bonchev–Trinajstić information content (AvgIpc) is 2.46. The van der Waals surface area contributed by atoms with Gasteiger partial charge in [-0.2, -0.15) is 0 Å². The van der Waals surface area contributed by atoms with E-state index in [1.54, 1.807) is 18.0 Å². The molecule has 0 radical (unpaired) electrons. The minimum atomic E-state index is -0.561. The highest BCUT2D eigenvalue weighted by Gasteiger charge is 2.43. The van der Waals surface area contributed by atoms with Gasteiger partial charge in [-0.05, 0) is 45.7 Å². The number of aryl methyl sites for hydroxylation is 1. The maximum absolute atomic E-state index is 12.0. The molecule has 20 heavy (non-hydrogen) atoms. The normalized spacial score (nSPS) is 26.2. The summed E-state index contributed by atoms with van der Waals surface area (Å²) in [5, 5.41) is 4.28. The molecule has 1 fully saturated rings. The van der Waals surface area contributed by atoms with E-state index in [-0.39, 0.29) is 5.97 Å². The zero-order valence-corrected chi connectivity index (χ0v) is 13.0. The van der Waals surface area contributed by atoms with Crippen molar-refractivity contribution in [2.45, 2.75) is 48.6 Å². The van der Waals surface area contributed by atoms with Crippen molar-refractivity contribution in [1.29, 1.82) is 0 Å². The van der Waals surface area contributed by atoms with E-state index in [0.717, 1.165) is 36.5 Å². The second-order valence-electron chi connectivity index (χ2n) is 5.14. The molecule has 1 aromatic rings. The monoisotopic (exact) mass is 295 g/mol. The number of thioether (sulfide) groups is 1. The minimum Gasteiger partial charge on any atom is -0.468 e. The molecular formula is C14H21N3O2S. The van der Waals surface area contributed by atoms with Crippen molar-refractivity contribution < 1.29 is 9.53 Å². The van der Waals surface area contributed by atoms with E-state index in [4.69, 9.17) is 4.74 Å². The van der Waals surface area contributed by atoms with Crippen LogP contribution in [0.2, 0.25) is 0 Å². The molecule has 5 nitrogen and oxygen atoms in total. The molecule has 1 N–H and O–H groups in total. The molecule has 0 amide bonds. The third-order valence-electron chi connectivity index (χ3n) is 3.81. The van der Waals surface area contributed by atoms with Gasteiger partial charge < -0.3 is 10.1 Å².